The second kappa shape index (κ2) is 5.40. The van der Waals surface area contributed by atoms with Gasteiger partial charge in [0.05, 0.1) is 13.2 Å². The van der Waals surface area contributed by atoms with Crippen LogP contribution in [0.5, 0.6) is 0 Å². The SMILES string of the molecule is CNCc1cc(S(=O)(=O)NC2CCOC2)c(C)o1. The molecule has 6 nitrogen and oxygen atoms in total. The normalized spacial score (nSPS) is 20.4. The van der Waals surface area contributed by atoms with Gasteiger partial charge in [0.25, 0.3) is 0 Å². The monoisotopic (exact) mass is 274 g/mol. The molecule has 1 aliphatic heterocycles. The van der Waals surface area contributed by atoms with Gasteiger partial charge in [-0.1, -0.05) is 0 Å². The Morgan fingerprint density at radius 3 is 2.89 bits per heavy atom. The lowest BCUT2D eigenvalue weighted by Crippen LogP contribution is -2.35. The molecule has 0 radical (unpaired) electrons. The molecular formula is C11H18N2O4S. The molecule has 0 saturated carbocycles. The summed E-state index contributed by atoms with van der Waals surface area (Å²) in [6, 6.07) is 1.42. The molecule has 1 atom stereocenters. The van der Waals surface area contributed by atoms with E-state index in [0.29, 0.717) is 37.7 Å². The average molecular weight is 274 g/mol. The van der Waals surface area contributed by atoms with Crippen LogP contribution in [0.15, 0.2) is 15.4 Å². The van der Waals surface area contributed by atoms with Crippen LogP contribution in [0.4, 0.5) is 0 Å². The summed E-state index contributed by atoms with van der Waals surface area (Å²) in [5.41, 5.74) is 0. The molecule has 18 heavy (non-hydrogen) atoms. The van der Waals surface area contributed by atoms with Gasteiger partial charge in [0, 0.05) is 18.7 Å². The summed E-state index contributed by atoms with van der Waals surface area (Å²) in [7, 11) is -1.75. The van der Waals surface area contributed by atoms with E-state index in [4.69, 9.17) is 9.15 Å². The highest BCUT2D eigenvalue weighted by Gasteiger charge is 2.26. The summed E-state index contributed by atoms with van der Waals surface area (Å²) in [6.07, 6.45) is 0.708. The van der Waals surface area contributed by atoms with Gasteiger partial charge in [0.15, 0.2) is 0 Å². The van der Waals surface area contributed by atoms with Crippen LogP contribution < -0.4 is 10.0 Å². The fourth-order valence-electron chi connectivity index (χ4n) is 1.96. The van der Waals surface area contributed by atoms with Crippen LogP contribution in [0, 0.1) is 6.92 Å². The van der Waals surface area contributed by atoms with E-state index in [0.717, 1.165) is 0 Å². The summed E-state index contributed by atoms with van der Waals surface area (Å²) in [4.78, 5) is 0.208. The van der Waals surface area contributed by atoms with Crippen molar-refractivity contribution in [3.05, 3.63) is 17.6 Å². The third kappa shape index (κ3) is 2.92. The summed E-state index contributed by atoms with van der Waals surface area (Å²) >= 11 is 0. The van der Waals surface area contributed by atoms with Crippen LogP contribution in [0.1, 0.15) is 17.9 Å². The minimum Gasteiger partial charge on any atom is -0.464 e. The zero-order chi connectivity index (χ0) is 13.2. The summed E-state index contributed by atoms with van der Waals surface area (Å²) in [5, 5.41) is 2.92. The third-order valence-electron chi connectivity index (χ3n) is 2.82. The largest absolute Gasteiger partial charge is 0.464 e. The van der Waals surface area contributed by atoms with Crippen molar-refractivity contribution in [1.29, 1.82) is 0 Å². The molecule has 0 aromatic carbocycles. The van der Waals surface area contributed by atoms with Crippen LogP contribution in [0.3, 0.4) is 0 Å². The Labute approximate surface area is 107 Å². The lowest BCUT2D eigenvalue weighted by molar-refractivity contribution is 0.192. The molecule has 1 aliphatic rings. The maximum atomic E-state index is 12.2. The van der Waals surface area contributed by atoms with Gasteiger partial charge in [0.2, 0.25) is 10.0 Å². The van der Waals surface area contributed by atoms with E-state index >= 15 is 0 Å². The number of hydrogen-bond acceptors (Lipinski definition) is 5. The smallest absolute Gasteiger partial charge is 0.244 e. The van der Waals surface area contributed by atoms with Crippen molar-refractivity contribution in [2.75, 3.05) is 20.3 Å². The van der Waals surface area contributed by atoms with Crippen LogP contribution in [-0.4, -0.2) is 34.7 Å². The van der Waals surface area contributed by atoms with Crippen molar-refractivity contribution in [1.82, 2.24) is 10.0 Å². The van der Waals surface area contributed by atoms with Gasteiger partial charge in [-0.3, -0.25) is 0 Å². The average Bonchev–Trinajstić information content (AvgIpc) is 2.88. The fourth-order valence-corrected chi connectivity index (χ4v) is 3.42. The molecule has 1 aromatic rings. The highest BCUT2D eigenvalue weighted by molar-refractivity contribution is 7.89. The number of hydrogen-bond donors (Lipinski definition) is 2. The lowest BCUT2D eigenvalue weighted by Gasteiger charge is -2.10. The molecule has 0 amide bonds. The Hall–Kier alpha value is -0.890. The maximum Gasteiger partial charge on any atom is 0.244 e. The molecule has 2 rings (SSSR count). The minimum atomic E-state index is -3.52. The van der Waals surface area contributed by atoms with Crippen LogP contribution in [0.25, 0.3) is 0 Å². The highest BCUT2D eigenvalue weighted by Crippen LogP contribution is 2.21. The lowest BCUT2D eigenvalue weighted by atomic mass is 10.3. The number of ether oxygens (including phenoxy) is 1. The first-order valence-corrected chi connectivity index (χ1v) is 7.35. The fraction of sp³-hybridized carbons (Fsp3) is 0.636. The molecular weight excluding hydrogens is 256 g/mol. The highest BCUT2D eigenvalue weighted by atomic mass is 32.2. The maximum absolute atomic E-state index is 12.2. The topological polar surface area (TPSA) is 80.6 Å². The van der Waals surface area contributed by atoms with Gasteiger partial charge >= 0.3 is 0 Å². The molecule has 1 fully saturated rings. The number of aryl methyl sites for hydroxylation is 1. The first-order valence-electron chi connectivity index (χ1n) is 5.87. The summed E-state index contributed by atoms with van der Waals surface area (Å²) < 4.78 is 37.5. The minimum absolute atomic E-state index is 0.142. The first kappa shape index (κ1) is 13.5. The van der Waals surface area contributed by atoms with Crippen LogP contribution in [0.2, 0.25) is 0 Å². The van der Waals surface area contributed by atoms with Crippen LogP contribution in [-0.2, 0) is 21.3 Å². The van der Waals surface area contributed by atoms with E-state index in [1.54, 1.807) is 20.0 Å². The van der Waals surface area contributed by atoms with E-state index in [2.05, 4.69) is 10.0 Å². The molecule has 0 spiro atoms. The molecule has 1 aromatic heterocycles. The van der Waals surface area contributed by atoms with Gasteiger partial charge in [0.1, 0.15) is 16.4 Å². The molecule has 0 aliphatic carbocycles. The van der Waals surface area contributed by atoms with Crippen molar-refractivity contribution in [3.63, 3.8) is 0 Å². The number of furan rings is 1. The Morgan fingerprint density at radius 2 is 2.28 bits per heavy atom. The van der Waals surface area contributed by atoms with E-state index in [9.17, 15) is 8.42 Å². The van der Waals surface area contributed by atoms with E-state index < -0.39 is 10.0 Å². The molecule has 7 heteroatoms. The van der Waals surface area contributed by atoms with Gasteiger partial charge in [-0.15, -0.1) is 0 Å². The molecule has 0 bridgehead atoms. The van der Waals surface area contributed by atoms with Crippen molar-refractivity contribution in [2.24, 2.45) is 0 Å². The van der Waals surface area contributed by atoms with Gasteiger partial charge in [-0.2, -0.15) is 0 Å². The third-order valence-corrected chi connectivity index (χ3v) is 4.44. The quantitative estimate of drug-likeness (QED) is 0.811. The van der Waals surface area contributed by atoms with Crippen molar-refractivity contribution < 1.29 is 17.6 Å². The first-order chi connectivity index (χ1) is 8.53. The van der Waals surface area contributed by atoms with E-state index in [1.165, 1.54) is 0 Å². The van der Waals surface area contributed by atoms with Gasteiger partial charge in [-0.25, -0.2) is 13.1 Å². The van der Waals surface area contributed by atoms with Gasteiger partial charge in [-0.05, 0) is 20.4 Å². The van der Waals surface area contributed by atoms with Gasteiger partial charge < -0.3 is 14.5 Å². The number of sulfonamides is 1. The van der Waals surface area contributed by atoms with Crippen LogP contribution >= 0.6 is 0 Å². The Bertz CT molecular complexity index is 503. The molecule has 2 heterocycles. The zero-order valence-electron chi connectivity index (χ0n) is 10.5. The molecule has 102 valence electrons. The molecule has 1 unspecified atom stereocenters. The second-order valence-corrected chi connectivity index (χ2v) is 6.03. The molecule has 2 N–H and O–H groups in total. The Kier molecular flexibility index (Phi) is 4.06. The summed E-state index contributed by atoms with van der Waals surface area (Å²) in [5.74, 6) is 1.02. The number of nitrogens with one attached hydrogen (secondary N) is 2. The summed E-state index contributed by atoms with van der Waals surface area (Å²) in [6.45, 7) is 3.18. The van der Waals surface area contributed by atoms with E-state index in [-0.39, 0.29) is 10.9 Å². The Balaban J connectivity index is 2.17. The van der Waals surface area contributed by atoms with E-state index in [1.807, 2.05) is 0 Å². The van der Waals surface area contributed by atoms with Crippen molar-refractivity contribution in [3.8, 4) is 0 Å². The molecule has 1 saturated heterocycles. The number of rotatable bonds is 5. The standard InChI is InChI=1S/C11H18N2O4S/c1-8-11(5-10(17-8)6-12-2)18(14,15)13-9-3-4-16-7-9/h5,9,12-13H,3-4,6-7H2,1-2H3. The zero-order valence-corrected chi connectivity index (χ0v) is 11.3. The van der Waals surface area contributed by atoms with Crippen molar-refractivity contribution in [2.45, 2.75) is 30.8 Å². The Morgan fingerprint density at radius 1 is 1.50 bits per heavy atom. The second-order valence-electron chi connectivity index (χ2n) is 4.35. The predicted molar refractivity (Wildman–Crippen MR) is 65.8 cm³/mol. The van der Waals surface area contributed by atoms with Crippen molar-refractivity contribution >= 4 is 10.0 Å². The predicted octanol–water partition coefficient (Wildman–Crippen LogP) is 0.375.